The summed E-state index contributed by atoms with van der Waals surface area (Å²) in [5.74, 6) is 2.66. The molecular weight excluding hydrogens is 444 g/mol. The lowest BCUT2D eigenvalue weighted by atomic mass is 9.51. The number of aliphatic hydroxyl groups is 1. The minimum absolute atomic E-state index is 0.210. The molecule has 0 aromatic rings. The van der Waals surface area contributed by atoms with E-state index in [1.165, 1.54) is 38.5 Å². The summed E-state index contributed by atoms with van der Waals surface area (Å²) in [5.41, 5.74) is -0.0722. The van der Waals surface area contributed by atoms with Crippen molar-refractivity contribution in [2.75, 3.05) is 7.11 Å². The second kappa shape index (κ2) is 12.6. The van der Waals surface area contributed by atoms with Crippen molar-refractivity contribution < 1.29 is 14.6 Å². The van der Waals surface area contributed by atoms with Gasteiger partial charge in [-0.05, 0) is 115 Å². The molecule has 1 N–H and O–H groups in total. The van der Waals surface area contributed by atoms with E-state index in [0.717, 1.165) is 37.5 Å². The molecule has 9 unspecified atom stereocenters. The lowest BCUT2D eigenvalue weighted by Gasteiger charge is -2.55. The fourth-order valence-corrected chi connectivity index (χ4v) is 7.76. The van der Waals surface area contributed by atoms with Gasteiger partial charge in [-0.3, -0.25) is 0 Å². The van der Waals surface area contributed by atoms with Gasteiger partial charge >= 0.3 is 0 Å². The third-order valence-corrected chi connectivity index (χ3v) is 11.0. The number of methoxy groups -OCH3 is 1. The Morgan fingerprint density at radius 2 is 1.67 bits per heavy atom. The van der Waals surface area contributed by atoms with Crippen LogP contribution in [0.5, 0.6) is 0 Å². The molecule has 2 fully saturated rings. The number of allylic oxidation sites excluding steroid dienone is 1. The highest BCUT2D eigenvalue weighted by molar-refractivity contribution is 5.18. The van der Waals surface area contributed by atoms with E-state index in [4.69, 9.17) is 9.47 Å². The van der Waals surface area contributed by atoms with Crippen molar-refractivity contribution >= 4 is 0 Å². The third kappa shape index (κ3) is 6.97. The zero-order valence-corrected chi connectivity index (χ0v) is 26.0. The van der Waals surface area contributed by atoms with Crippen molar-refractivity contribution in [2.24, 2.45) is 34.5 Å². The molecule has 3 aliphatic rings. The monoisotopic (exact) mass is 506 g/mol. The molecule has 0 aromatic carbocycles. The predicted molar refractivity (Wildman–Crippen MR) is 154 cm³/mol. The topological polar surface area (TPSA) is 38.7 Å². The smallest absolute Gasteiger partial charge is 0.0863 e. The molecule has 1 aliphatic heterocycles. The van der Waals surface area contributed by atoms with E-state index in [0.29, 0.717) is 23.4 Å². The van der Waals surface area contributed by atoms with Gasteiger partial charge in [-0.2, -0.15) is 0 Å². The van der Waals surface area contributed by atoms with Crippen molar-refractivity contribution in [1.29, 1.82) is 0 Å². The Bertz CT molecular complexity index is 696. The second-order valence-electron chi connectivity index (χ2n) is 13.8. The van der Waals surface area contributed by atoms with Crippen LogP contribution in [0.15, 0.2) is 12.2 Å². The molecule has 0 bridgehead atoms. The predicted octanol–water partition coefficient (Wildman–Crippen LogP) is 8.98. The Morgan fingerprint density at radius 3 is 2.28 bits per heavy atom. The van der Waals surface area contributed by atoms with Gasteiger partial charge in [-0.1, -0.05) is 59.6 Å². The molecule has 3 nitrogen and oxygen atoms in total. The van der Waals surface area contributed by atoms with Crippen LogP contribution in [0.25, 0.3) is 0 Å². The maximum absolute atomic E-state index is 10.1. The summed E-state index contributed by atoms with van der Waals surface area (Å²) in [7, 11) is 1.81. The summed E-state index contributed by atoms with van der Waals surface area (Å²) in [5, 5.41) is 10.1. The van der Waals surface area contributed by atoms with Crippen molar-refractivity contribution in [3.05, 3.63) is 12.2 Å². The Balaban J connectivity index is 0.00000222. The van der Waals surface area contributed by atoms with Crippen molar-refractivity contribution in [3.8, 4) is 0 Å². The summed E-state index contributed by atoms with van der Waals surface area (Å²) in [6.07, 6.45) is 17.8. The van der Waals surface area contributed by atoms with Crippen LogP contribution in [-0.4, -0.2) is 35.6 Å². The molecule has 0 radical (unpaired) electrons. The first-order valence-corrected chi connectivity index (χ1v) is 15.4. The fourth-order valence-electron chi connectivity index (χ4n) is 7.76. The standard InChI is InChI=1S/C31H56O3.C2H6/c1-22(13-14-23(2)33-9)31(8)19-17-27-26-16-15-25(12-10-11-18-28(4,5)32)30(26,7)21-20-29(27,6)24(3)34-31;1-2/h17,19,22-27,32H,10-16,18,20-21H2,1-9H3;1-2H3. The molecule has 2 aliphatic carbocycles. The van der Waals surface area contributed by atoms with Gasteiger partial charge in [0.05, 0.1) is 23.4 Å². The molecule has 0 amide bonds. The highest BCUT2D eigenvalue weighted by atomic mass is 16.5. The summed E-state index contributed by atoms with van der Waals surface area (Å²) in [6, 6.07) is 0. The number of unbranched alkanes of at least 4 members (excludes halogenated alkanes) is 1. The van der Waals surface area contributed by atoms with Gasteiger partial charge in [-0.15, -0.1) is 0 Å². The fraction of sp³-hybridized carbons (Fsp3) is 0.939. The zero-order chi connectivity index (χ0) is 27.4. The van der Waals surface area contributed by atoms with E-state index in [1.807, 2.05) is 34.8 Å². The first kappa shape index (κ1) is 31.8. The molecule has 2 saturated carbocycles. The van der Waals surface area contributed by atoms with Gasteiger partial charge < -0.3 is 14.6 Å². The molecular formula is C33H62O3. The van der Waals surface area contributed by atoms with Crippen molar-refractivity contribution in [2.45, 2.75) is 157 Å². The average molecular weight is 507 g/mol. The van der Waals surface area contributed by atoms with Crippen LogP contribution in [0, 0.1) is 34.5 Å². The van der Waals surface area contributed by atoms with E-state index in [-0.39, 0.29) is 17.1 Å². The lowest BCUT2D eigenvalue weighted by Crippen LogP contribution is -2.51. The van der Waals surface area contributed by atoms with Crippen LogP contribution in [-0.2, 0) is 9.47 Å². The summed E-state index contributed by atoms with van der Waals surface area (Å²) < 4.78 is 12.5. The maximum atomic E-state index is 10.1. The van der Waals surface area contributed by atoms with Crippen LogP contribution in [0.3, 0.4) is 0 Å². The quantitative estimate of drug-likeness (QED) is 0.237. The van der Waals surface area contributed by atoms with Gasteiger partial charge in [0.2, 0.25) is 0 Å². The Kier molecular flexibility index (Phi) is 11.2. The minimum Gasteiger partial charge on any atom is -0.390 e. The minimum atomic E-state index is -0.526. The van der Waals surface area contributed by atoms with E-state index in [2.05, 4.69) is 53.7 Å². The highest BCUT2D eigenvalue weighted by Gasteiger charge is 2.59. The van der Waals surface area contributed by atoms with E-state index in [9.17, 15) is 5.11 Å². The first-order valence-electron chi connectivity index (χ1n) is 15.4. The van der Waals surface area contributed by atoms with Gasteiger partial charge in [0.15, 0.2) is 0 Å². The van der Waals surface area contributed by atoms with Crippen LogP contribution in [0.4, 0.5) is 0 Å². The summed E-state index contributed by atoms with van der Waals surface area (Å²) >= 11 is 0. The normalized spacial score (nSPS) is 39.9. The van der Waals surface area contributed by atoms with Gasteiger partial charge in [0, 0.05) is 12.5 Å². The molecule has 3 heteroatoms. The first-order chi connectivity index (χ1) is 16.7. The number of ether oxygens (including phenoxy) is 2. The lowest BCUT2D eigenvalue weighted by molar-refractivity contribution is -0.153. The molecule has 1 heterocycles. The summed E-state index contributed by atoms with van der Waals surface area (Å²) in [4.78, 5) is 0. The third-order valence-electron chi connectivity index (χ3n) is 11.0. The zero-order valence-electron chi connectivity index (χ0n) is 26.0. The SMILES string of the molecule is CC.COC(C)CCC(C)C1(C)C=CC2C3CCC(CCCCC(C)(C)O)C3(C)CCC2(C)C(C)O1. The van der Waals surface area contributed by atoms with Crippen molar-refractivity contribution in [3.63, 3.8) is 0 Å². The van der Waals surface area contributed by atoms with Crippen LogP contribution >= 0.6 is 0 Å². The van der Waals surface area contributed by atoms with Crippen LogP contribution in [0.2, 0.25) is 0 Å². The number of hydrogen-bond acceptors (Lipinski definition) is 3. The Labute approximate surface area is 225 Å². The Morgan fingerprint density at radius 1 is 1.03 bits per heavy atom. The second-order valence-corrected chi connectivity index (χ2v) is 13.8. The number of fused-ring (bicyclic) bond motifs is 3. The van der Waals surface area contributed by atoms with Crippen LogP contribution < -0.4 is 0 Å². The number of rotatable bonds is 10. The highest BCUT2D eigenvalue weighted by Crippen LogP contribution is 2.65. The van der Waals surface area contributed by atoms with Gasteiger partial charge in [0.25, 0.3) is 0 Å². The molecule has 0 aromatic heterocycles. The van der Waals surface area contributed by atoms with Gasteiger partial charge in [-0.25, -0.2) is 0 Å². The maximum Gasteiger partial charge on any atom is 0.0863 e. The average Bonchev–Trinajstić information content (AvgIpc) is 3.11. The van der Waals surface area contributed by atoms with E-state index in [1.54, 1.807) is 0 Å². The van der Waals surface area contributed by atoms with Crippen LogP contribution in [0.1, 0.15) is 133 Å². The molecule has 3 rings (SSSR count). The molecule has 9 atom stereocenters. The van der Waals surface area contributed by atoms with Crippen molar-refractivity contribution in [1.82, 2.24) is 0 Å². The Hall–Kier alpha value is -0.380. The van der Waals surface area contributed by atoms with Gasteiger partial charge in [0.1, 0.15) is 0 Å². The molecule has 212 valence electrons. The summed E-state index contributed by atoms with van der Waals surface area (Å²) in [6.45, 7) is 22.2. The van der Waals surface area contributed by atoms with E-state index < -0.39 is 5.60 Å². The molecule has 36 heavy (non-hydrogen) atoms. The molecule has 0 saturated heterocycles. The largest absolute Gasteiger partial charge is 0.390 e. The van der Waals surface area contributed by atoms with E-state index >= 15 is 0 Å². The molecule has 0 spiro atoms. The number of hydrogen-bond donors (Lipinski definition) is 1.